The lowest BCUT2D eigenvalue weighted by Gasteiger charge is -2.34. The van der Waals surface area contributed by atoms with Crippen molar-refractivity contribution in [2.24, 2.45) is 5.41 Å². The molecule has 1 aromatic carbocycles. The number of aromatic carboxylic acids is 1. The van der Waals surface area contributed by atoms with Crippen LogP contribution in [0.25, 0.3) is 0 Å². The van der Waals surface area contributed by atoms with Gasteiger partial charge in [-0.1, -0.05) is 18.5 Å². The van der Waals surface area contributed by atoms with E-state index in [2.05, 4.69) is 12.2 Å². The Morgan fingerprint density at radius 1 is 1.47 bits per heavy atom. The maximum absolute atomic E-state index is 11.2. The standard InChI is InChI=1S/C14H18ClNO3/c1-14(4-6-19-7-5-14)9-16-12-8-10(15)2-3-11(12)13(17)18/h2-3,8,16H,4-7,9H2,1H3,(H,17,18). The van der Waals surface area contributed by atoms with E-state index in [-0.39, 0.29) is 11.0 Å². The van der Waals surface area contributed by atoms with Gasteiger partial charge in [-0.15, -0.1) is 0 Å². The van der Waals surface area contributed by atoms with Gasteiger partial charge in [-0.05, 0) is 36.5 Å². The normalized spacial score (nSPS) is 18.0. The van der Waals surface area contributed by atoms with Crippen LogP contribution >= 0.6 is 11.6 Å². The van der Waals surface area contributed by atoms with Crippen LogP contribution in [-0.4, -0.2) is 30.8 Å². The fourth-order valence-electron chi connectivity index (χ4n) is 2.20. The maximum Gasteiger partial charge on any atom is 0.337 e. The lowest BCUT2D eigenvalue weighted by atomic mass is 9.82. The summed E-state index contributed by atoms with van der Waals surface area (Å²) in [5, 5.41) is 12.9. The molecule has 1 aliphatic heterocycles. The second-order valence-electron chi connectivity index (χ2n) is 5.27. The summed E-state index contributed by atoms with van der Waals surface area (Å²) >= 11 is 5.92. The van der Waals surface area contributed by atoms with Crippen LogP contribution in [0.3, 0.4) is 0 Å². The van der Waals surface area contributed by atoms with Gasteiger partial charge in [-0.25, -0.2) is 4.79 Å². The number of carbonyl (C=O) groups is 1. The van der Waals surface area contributed by atoms with Crippen molar-refractivity contribution in [3.63, 3.8) is 0 Å². The number of carboxylic acids is 1. The summed E-state index contributed by atoms with van der Waals surface area (Å²) in [5.74, 6) is -0.948. The molecule has 2 rings (SSSR count). The van der Waals surface area contributed by atoms with Gasteiger partial charge in [0.25, 0.3) is 0 Å². The number of rotatable bonds is 4. The minimum Gasteiger partial charge on any atom is -0.478 e. The van der Waals surface area contributed by atoms with Gasteiger partial charge in [-0.3, -0.25) is 0 Å². The molecule has 19 heavy (non-hydrogen) atoms. The smallest absolute Gasteiger partial charge is 0.337 e. The number of hydrogen-bond donors (Lipinski definition) is 2. The van der Waals surface area contributed by atoms with Crippen molar-refractivity contribution in [2.45, 2.75) is 19.8 Å². The molecule has 1 fully saturated rings. The van der Waals surface area contributed by atoms with Gasteiger partial charge in [0.15, 0.2) is 0 Å². The number of ether oxygens (including phenoxy) is 1. The summed E-state index contributed by atoms with van der Waals surface area (Å²) in [7, 11) is 0. The highest BCUT2D eigenvalue weighted by atomic mass is 35.5. The Balaban J connectivity index is 2.10. The average molecular weight is 284 g/mol. The number of benzene rings is 1. The van der Waals surface area contributed by atoms with E-state index in [1.54, 1.807) is 12.1 Å². The first kappa shape index (κ1) is 14.2. The fourth-order valence-corrected chi connectivity index (χ4v) is 2.37. The zero-order valence-corrected chi connectivity index (χ0v) is 11.7. The third-order valence-corrected chi connectivity index (χ3v) is 3.85. The molecule has 0 aromatic heterocycles. The highest BCUT2D eigenvalue weighted by Gasteiger charge is 2.27. The Kier molecular flexibility index (Phi) is 4.32. The lowest BCUT2D eigenvalue weighted by molar-refractivity contribution is 0.0299. The molecule has 0 saturated carbocycles. The van der Waals surface area contributed by atoms with Crippen molar-refractivity contribution >= 4 is 23.3 Å². The van der Waals surface area contributed by atoms with E-state index in [4.69, 9.17) is 21.4 Å². The Morgan fingerprint density at radius 3 is 2.79 bits per heavy atom. The number of carboxylic acid groups (broad SMARTS) is 1. The largest absolute Gasteiger partial charge is 0.478 e. The molecule has 1 heterocycles. The zero-order chi connectivity index (χ0) is 13.9. The molecule has 1 saturated heterocycles. The van der Waals surface area contributed by atoms with Crippen molar-refractivity contribution in [3.8, 4) is 0 Å². The van der Waals surface area contributed by atoms with Crippen LogP contribution < -0.4 is 5.32 Å². The van der Waals surface area contributed by atoms with Crippen LogP contribution in [0.15, 0.2) is 18.2 Å². The Hall–Kier alpha value is -1.26. The van der Waals surface area contributed by atoms with Gasteiger partial charge in [0.2, 0.25) is 0 Å². The first-order chi connectivity index (χ1) is 9.00. The molecule has 2 N–H and O–H groups in total. The van der Waals surface area contributed by atoms with Crippen molar-refractivity contribution in [3.05, 3.63) is 28.8 Å². The van der Waals surface area contributed by atoms with Gasteiger partial charge in [-0.2, -0.15) is 0 Å². The first-order valence-electron chi connectivity index (χ1n) is 6.35. The molecule has 0 amide bonds. The van der Waals surface area contributed by atoms with Gasteiger partial charge in [0.05, 0.1) is 11.3 Å². The van der Waals surface area contributed by atoms with Crippen molar-refractivity contribution in [1.82, 2.24) is 0 Å². The van der Waals surface area contributed by atoms with Gasteiger partial charge in [0, 0.05) is 24.8 Å². The predicted molar refractivity (Wildman–Crippen MR) is 75.1 cm³/mol. The van der Waals surface area contributed by atoms with E-state index in [9.17, 15) is 4.79 Å². The van der Waals surface area contributed by atoms with Crippen molar-refractivity contribution < 1.29 is 14.6 Å². The highest BCUT2D eigenvalue weighted by Crippen LogP contribution is 2.31. The first-order valence-corrected chi connectivity index (χ1v) is 6.72. The van der Waals surface area contributed by atoms with E-state index in [0.29, 0.717) is 10.7 Å². The molecular formula is C14H18ClNO3. The third kappa shape index (κ3) is 3.61. The maximum atomic E-state index is 11.2. The SMILES string of the molecule is CC1(CNc2cc(Cl)ccc2C(=O)O)CCOCC1. The molecule has 4 nitrogen and oxygen atoms in total. The molecule has 104 valence electrons. The second-order valence-corrected chi connectivity index (χ2v) is 5.71. The summed E-state index contributed by atoms with van der Waals surface area (Å²) < 4.78 is 5.36. The van der Waals surface area contributed by atoms with Crippen LogP contribution in [0.1, 0.15) is 30.1 Å². The van der Waals surface area contributed by atoms with Crippen molar-refractivity contribution in [1.29, 1.82) is 0 Å². The van der Waals surface area contributed by atoms with E-state index < -0.39 is 5.97 Å². The molecule has 1 aliphatic rings. The van der Waals surface area contributed by atoms with Crippen LogP contribution in [0, 0.1) is 5.41 Å². The molecule has 0 radical (unpaired) electrons. The Bertz CT molecular complexity index is 470. The zero-order valence-electron chi connectivity index (χ0n) is 10.9. The van der Waals surface area contributed by atoms with Crippen LogP contribution in [0.4, 0.5) is 5.69 Å². The summed E-state index contributed by atoms with van der Waals surface area (Å²) in [6.07, 6.45) is 1.95. The Labute approximate surface area is 117 Å². The summed E-state index contributed by atoms with van der Waals surface area (Å²) in [6, 6.07) is 4.78. The second kappa shape index (κ2) is 5.80. The van der Waals surface area contributed by atoms with Gasteiger partial charge >= 0.3 is 5.97 Å². The number of anilines is 1. The van der Waals surface area contributed by atoms with E-state index in [1.807, 2.05) is 0 Å². The average Bonchev–Trinajstić information content (AvgIpc) is 2.37. The number of hydrogen-bond acceptors (Lipinski definition) is 3. The summed E-state index contributed by atoms with van der Waals surface area (Å²) in [6.45, 7) is 4.43. The van der Waals surface area contributed by atoms with Gasteiger partial charge in [0.1, 0.15) is 0 Å². The molecule has 5 heteroatoms. The monoisotopic (exact) mass is 283 g/mol. The molecule has 0 unspecified atom stereocenters. The predicted octanol–water partition coefficient (Wildman–Crippen LogP) is 3.27. The van der Waals surface area contributed by atoms with E-state index in [1.165, 1.54) is 6.07 Å². The topological polar surface area (TPSA) is 58.6 Å². The lowest BCUT2D eigenvalue weighted by Crippen LogP contribution is -2.33. The molecule has 0 atom stereocenters. The van der Waals surface area contributed by atoms with E-state index >= 15 is 0 Å². The quantitative estimate of drug-likeness (QED) is 0.890. The molecule has 0 bridgehead atoms. The summed E-state index contributed by atoms with van der Waals surface area (Å²) in [5.41, 5.74) is 0.962. The van der Waals surface area contributed by atoms with Gasteiger partial charge < -0.3 is 15.2 Å². The highest BCUT2D eigenvalue weighted by molar-refractivity contribution is 6.31. The third-order valence-electron chi connectivity index (χ3n) is 3.62. The Morgan fingerprint density at radius 2 is 2.16 bits per heavy atom. The minimum atomic E-state index is -0.948. The molecule has 0 aliphatic carbocycles. The van der Waals surface area contributed by atoms with Crippen LogP contribution in [0.2, 0.25) is 5.02 Å². The molecule has 0 spiro atoms. The minimum absolute atomic E-state index is 0.135. The van der Waals surface area contributed by atoms with Crippen molar-refractivity contribution in [2.75, 3.05) is 25.1 Å². The number of halogens is 1. The molecule has 1 aromatic rings. The molecular weight excluding hydrogens is 266 g/mol. The fraction of sp³-hybridized carbons (Fsp3) is 0.500. The number of nitrogens with one attached hydrogen (secondary N) is 1. The summed E-state index contributed by atoms with van der Waals surface area (Å²) in [4.78, 5) is 11.2. The van der Waals surface area contributed by atoms with Crippen LogP contribution in [-0.2, 0) is 4.74 Å². The van der Waals surface area contributed by atoms with Crippen LogP contribution in [0.5, 0.6) is 0 Å². The van der Waals surface area contributed by atoms with E-state index in [0.717, 1.165) is 32.6 Å².